The van der Waals surface area contributed by atoms with Crippen LogP contribution in [0.15, 0.2) is 4.52 Å². The Bertz CT molecular complexity index is 541. The molecule has 0 spiro atoms. The first kappa shape index (κ1) is 13.1. The van der Waals surface area contributed by atoms with E-state index >= 15 is 0 Å². The quantitative estimate of drug-likeness (QED) is 0.874. The molecule has 1 amide bonds. The van der Waals surface area contributed by atoms with Crippen LogP contribution in [0.25, 0.3) is 0 Å². The molecular formula is C13H17N3O4. The maximum absolute atomic E-state index is 12.3. The van der Waals surface area contributed by atoms with Gasteiger partial charge in [-0.05, 0) is 26.2 Å². The molecule has 3 unspecified atom stereocenters. The first-order chi connectivity index (χ1) is 9.56. The van der Waals surface area contributed by atoms with Crippen molar-refractivity contribution in [1.82, 2.24) is 15.0 Å². The SMILES string of the molecule is Cc1noc(CCC(=O)N2C3CCC2C(C(=O)O)C3)n1. The van der Waals surface area contributed by atoms with Crippen LogP contribution in [0.1, 0.15) is 37.4 Å². The van der Waals surface area contributed by atoms with Gasteiger partial charge in [0.25, 0.3) is 0 Å². The molecule has 0 saturated carbocycles. The lowest BCUT2D eigenvalue weighted by Crippen LogP contribution is -2.38. The highest BCUT2D eigenvalue weighted by Gasteiger charge is 2.50. The Morgan fingerprint density at radius 3 is 2.85 bits per heavy atom. The summed E-state index contributed by atoms with van der Waals surface area (Å²) in [5.74, 6) is -0.181. The summed E-state index contributed by atoms with van der Waals surface area (Å²) in [5, 5.41) is 12.9. The molecule has 0 aromatic carbocycles. The van der Waals surface area contributed by atoms with Gasteiger partial charge in [0.05, 0.1) is 5.92 Å². The third-order valence-corrected chi connectivity index (χ3v) is 4.26. The smallest absolute Gasteiger partial charge is 0.308 e. The third-order valence-electron chi connectivity index (χ3n) is 4.26. The fourth-order valence-electron chi connectivity index (χ4n) is 3.43. The largest absolute Gasteiger partial charge is 0.481 e. The number of amides is 1. The van der Waals surface area contributed by atoms with Crippen LogP contribution in [0, 0.1) is 12.8 Å². The molecule has 3 heterocycles. The number of rotatable bonds is 4. The Kier molecular flexibility index (Phi) is 3.19. The summed E-state index contributed by atoms with van der Waals surface area (Å²) in [4.78, 5) is 29.3. The van der Waals surface area contributed by atoms with Gasteiger partial charge in [-0.25, -0.2) is 0 Å². The lowest BCUT2D eigenvalue weighted by atomic mass is 9.89. The van der Waals surface area contributed by atoms with E-state index in [1.165, 1.54) is 0 Å². The van der Waals surface area contributed by atoms with Crippen LogP contribution in [0.2, 0.25) is 0 Å². The van der Waals surface area contributed by atoms with E-state index in [1.807, 2.05) is 0 Å². The van der Waals surface area contributed by atoms with Crippen LogP contribution < -0.4 is 0 Å². The van der Waals surface area contributed by atoms with E-state index in [4.69, 9.17) is 4.52 Å². The fourth-order valence-corrected chi connectivity index (χ4v) is 3.43. The molecule has 1 aromatic rings. The van der Waals surface area contributed by atoms with Crippen molar-refractivity contribution in [2.45, 2.75) is 51.1 Å². The van der Waals surface area contributed by atoms with Crippen molar-refractivity contribution in [3.05, 3.63) is 11.7 Å². The van der Waals surface area contributed by atoms with Crippen LogP contribution in [-0.2, 0) is 16.0 Å². The molecule has 0 radical (unpaired) electrons. The van der Waals surface area contributed by atoms with Gasteiger partial charge in [0, 0.05) is 24.9 Å². The predicted octanol–water partition coefficient (Wildman–Crippen LogP) is 0.775. The van der Waals surface area contributed by atoms with E-state index in [2.05, 4.69) is 10.1 Å². The molecule has 2 aliphatic heterocycles. The summed E-state index contributed by atoms with van der Waals surface area (Å²) < 4.78 is 4.98. The molecule has 2 aliphatic rings. The average molecular weight is 279 g/mol. The van der Waals surface area contributed by atoms with E-state index in [-0.39, 0.29) is 18.0 Å². The topological polar surface area (TPSA) is 96.5 Å². The number of nitrogens with zero attached hydrogens (tertiary/aromatic N) is 3. The predicted molar refractivity (Wildman–Crippen MR) is 66.8 cm³/mol. The number of aliphatic carboxylic acids is 1. The van der Waals surface area contributed by atoms with Gasteiger partial charge in [-0.15, -0.1) is 0 Å². The summed E-state index contributed by atoms with van der Waals surface area (Å²) in [6, 6.07) is -0.0348. The Balaban J connectivity index is 1.62. The summed E-state index contributed by atoms with van der Waals surface area (Å²) >= 11 is 0. The van der Waals surface area contributed by atoms with Crippen LogP contribution in [0.4, 0.5) is 0 Å². The van der Waals surface area contributed by atoms with Crippen LogP contribution in [-0.4, -0.2) is 44.1 Å². The molecule has 20 heavy (non-hydrogen) atoms. The van der Waals surface area contributed by atoms with Gasteiger partial charge >= 0.3 is 5.97 Å². The molecule has 2 fully saturated rings. The minimum atomic E-state index is -0.789. The molecule has 3 atom stereocenters. The van der Waals surface area contributed by atoms with Gasteiger partial charge in [-0.1, -0.05) is 5.16 Å². The minimum Gasteiger partial charge on any atom is -0.481 e. The van der Waals surface area contributed by atoms with E-state index in [9.17, 15) is 14.7 Å². The molecule has 1 aromatic heterocycles. The lowest BCUT2D eigenvalue weighted by Gasteiger charge is -2.22. The third kappa shape index (κ3) is 2.17. The Hall–Kier alpha value is -1.92. The van der Waals surface area contributed by atoms with Crippen molar-refractivity contribution in [1.29, 1.82) is 0 Å². The number of hydrogen-bond acceptors (Lipinski definition) is 5. The molecule has 2 bridgehead atoms. The Labute approximate surface area is 115 Å². The van der Waals surface area contributed by atoms with Gasteiger partial charge in [0.1, 0.15) is 0 Å². The average Bonchev–Trinajstić information content (AvgIpc) is 3.09. The van der Waals surface area contributed by atoms with Crippen LogP contribution >= 0.6 is 0 Å². The van der Waals surface area contributed by atoms with E-state index in [0.29, 0.717) is 31.0 Å². The number of carboxylic acids is 1. The summed E-state index contributed by atoms with van der Waals surface area (Å²) in [5.41, 5.74) is 0. The second-order valence-electron chi connectivity index (χ2n) is 5.52. The molecule has 0 aliphatic carbocycles. The molecule has 1 N–H and O–H groups in total. The van der Waals surface area contributed by atoms with Crippen LogP contribution in [0.3, 0.4) is 0 Å². The second-order valence-corrected chi connectivity index (χ2v) is 5.52. The lowest BCUT2D eigenvalue weighted by molar-refractivity contribution is -0.143. The maximum atomic E-state index is 12.3. The summed E-state index contributed by atoms with van der Waals surface area (Å²) in [7, 11) is 0. The first-order valence-electron chi connectivity index (χ1n) is 6.89. The number of aromatic nitrogens is 2. The number of carboxylic acid groups (broad SMARTS) is 1. The van der Waals surface area contributed by atoms with Gasteiger partial charge in [0.2, 0.25) is 11.8 Å². The number of hydrogen-bond donors (Lipinski definition) is 1. The van der Waals surface area contributed by atoms with Gasteiger partial charge < -0.3 is 14.5 Å². The van der Waals surface area contributed by atoms with E-state index in [0.717, 1.165) is 12.8 Å². The van der Waals surface area contributed by atoms with E-state index < -0.39 is 11.9 Å². The molecule has 7 nitrogen and oxygen atoms in total. The van der Waals surface area contributed by atoms with Gasteiger partial charge in [-0.3, -0.25) is 9.59 Å². The highest BCUT2D eigenvalue weighted by Crippen LogP contribution is 2.42. The Morgan fingerprint density at radius 2 is 2.25 bits per heavy atom. The molecule has 108 valence electrons. The highest BCUT2D eigenvalue weighted by atomic mass is 16.5. The summed E-state index contributed by atoms with van der Waals surface area (Å²) in [6.45, 7) is 1.73. The molecule has 3 rings (SSSR count). The number of aryl methyl sites for hydroxylation is 2. The standard InChI is InChI=1S/C13H17N3O4/c1-7-14-11(20-15-7)4-5-12(17)16-8-2-3-10(16)9(6-8)13(18)19/h8-10H,2-6H2,1H3,(H,18,19). The monoisotopic (exact) mass is 279 g/mol. The zero-order valence-electron chi connectivity index (χ0n) is 11.3. The van der Waals surface area contributed by atoms with Gasteiger partial charge in [-0.2, -0.15) is 4.98 Å². The number of fused-ring (bicyclic) bond motifs is 2. The number of carbonyl (C=O) groups is 2. The fraction of sp³-hybridized carbons (Fsp3) is 0.692. The Morgan fingerprint density at radius 1 is 1.45 bits per heavy atom. The van der Waals surface area contributed by atoms with Crippen molar-refractivity contribution in [2.24, 2.45) is 5.92 Å². The van der Waals surface area contributed by atoms with Gasteiger partial charge in [0.15, 0.2) is 5.82 Å². The zero-order chi connectivity index (χ0) is 14.3. The van der Waals surface area contributed by atoms with Crippen molar-refractivity contribution in [3.8, 4) is 0 Å². The molecular weight excluding hydrogens is 262 g/mol. The van der Waals surface area contributed by atoms with Crippen molar-refractivity contribution in [2.75, 3.05) is 0 Å². The zero-order valence-corrected chi connectivity index (χ0v) is 11.3. The highest BCUT2D eigenvalue weighted by molar-refractivity contribution is 5.80. The van der Waals surface area contributed by atoms with Crippen molar-refractivity contribution >= 4 is 11.9 Å². The normalized spacial score (nSPS) is 28.1. The van der Waals surface area contributed by atoms with Crippen molar-refractivity contribution < 1.29 is 19.2 Å². The first-order valence-corrected chi connectivity index (χ1v) is 6.89. The van der Waals surface area contributed by atoms with Crippen LogP contribution in [0.5, 0.6) is 0 Å². The minimum absolute atomic E-state index is 0.00268. The number of carbonyl (C=O) groups excluding carboxylic acids is 1. The summed E-state index contributed by atoms with van der Waals surface area (Å²) in [6.07, 6.45) is 3.01. The maximum Gasteiger partial charge on any atom is 0.308 e. The van der Waals surface area contributed by atoms with Crippen molar-refractivity contribution in [3.63, 3.8) is 0 Å². The second kappa shape index (κ2) is 4.88. The molecule has 7 heteroatoms. The van der Waals surface area contributed by atoms with E-state index in [1.54, 1.807) is 11.8 Å². The molecule has 2 saturated heterocycles.